The van der Waals surface area contributed by atoms with E-state index in [9.17, 15) is 4.79 Å². The van der Waals surface area contributed by atoms with Crippen LogP contribution < -0.4 is 10.1 Å². The zero-order chi connectivity index (χ0) is 16.2. The quantitative estimate of drug-likeness (QED) is 0.783. The molecule has 0 bridgehead atoms. The summed E-state index contributed by atoms with van der Waals surface area (Å²) in [4.78, 5) is 12.2. The highest BCUT2D eigenvalue weighted by Gasteiger charge is 2.17. The number of methoxy groups -OCH3 is 1. The number of nitrogens with zero attached hydrogens (tertiary/aromatic N) is 2. The number of benzene rings is 1. The lowest BCUT2D eigenvalue weighted by Crippen LogP contribution is -2.26. The molecule has 2 heterocycles. The number of carbonyl (C=O) groups excluding carboxylic acids is 1. The van der Waals surface area contributed by atoms with Crippen molar-refractivity contribution in [1.82, 2.24) is 14.9 Å². The van der Waals surface area contributed by atoms with Crippen molar-refractivity contribution >= 4 is 23.0 Å². The van der Waals surface area contributed by atoms with Crippen LogP contribution in [0.2, 0.25) is 5.02 Å². The first kappa shape index (κ1) is 15.4. The summed E-state index contributed by atoms with van der Waals surface area (Å²) >= 11 is 6.22. The Hall–Kier alpha value is -2.53. The highest BCUT2D eigenvalue weighted by Crippen LogP contribution is 2.21. The van der Waals surface area contributed by atoms with Crippen molar-refractivity contribution in [2.75, 3.05) is 13.7 Å². The standard InChI is InChI=1S/C17H16ClN3O2/c1-23-13-7-5-12(6-8-13)9-10-19-17(22)16-15(18)14-4-2-3-11-21(14)20-16/h2-8,11H,9-10H2,1H3,(H,19,22). The highest BCUT2D eigenvalue weighted by molar-refractivity contribution is 6.36. The molecule has 0 aliphatic heterocycles. The van der Waals surface area contributed by atoms with Gasteiger partial charge in [-0.1, -0.05) is 29.8 Å². The molecule has 1 aromatic carbocycles. The van der Waals surface area contributed by atoms with Gasteiger partial charge in [0, 0.05) is 12.7 Å². The Bertz CT molecular complexity index is 827. The second-order valence-electron chi connectivity index (χ2n) is 5.05. The maximum Gasteiger partial charge on any atom is 0.273 e. The Kier molecular flexibility index (Phi) is 4.48. The van der Waals surface area contributed by atoms with Crippen LogP contribution in [-0.2, 0) is 6.42 Å². The summed E-state index contributed by atoms with van der Waals surface area (Å²) in [6, 6.07) is 13.3. The van der Waals surface area contributed by atoms with Gasteiger partial charge in [-0.25, -0.2) is 4.52 Å². The average molecular weight is 330 g/mol. The van der Waals surface area contributed by atoms with E-state index in [0.717, 1.165) is 23.3 Å². The molecule has 23 heavy (non-hydrogen) atoms. The Morgan fingerprint density at radius 2 is 2.04 bits per heavy atom. The number of halogens is 1. The van der Waals surface area contributed by atoms with Gasteiger partial charge in [-0.3, -0.25) is 4.79 Å². The number of pyridine rings is 1. The zero-order valence-corrected chi connectivity index (χ0v) is 13.4. The predicted molar refractivity (Wildman–Crippen MR) is 89.2 cm³/mol. The lowest BCUT2D eigenvalue weighted by atomic mass is 10.1. The molecule has 0 atom stereocenters. The normalized spacial score (nSPS) is 10.7. The smallest absolute Gasteiger partial charge is 0.273 e. The number of aromatic nitrogens is 2. The van der Waals surface area contributed by atoms with Gasteiger partial charge < -0.3 is 10.1 Å². The molecule has 1 amide bonds. The molecular weight excluding hydrogens is 314 g/mol. The highest BCUT2D eigenvalue weighted by atomic mass is 35.5. The third-order valence-corrected chi connectivity index (χ3v) is 3.93. The van der Waals surface area contributed by atoms with Gasteiger partial charge in [0.05, 0.1) is 17.6 Å². The molecule has 0 unspecified atom stereocenters. The van der Waals surface area contributed by atoms with Crippen LogP contribution in [0.5, 0.6) is 5.75 Å². The van der Waals surface area contributed by atoms with Crippen molar-refractivity contribution < 1.29 is 9.53 Å². The summed E-state index contributed by atoms with van der Waals surface area (Å²) < 4.78 is 6.71. The van der Waals surface area contributed by atoms with Gasteiger partial charge in [-0.15, -0.1) is 0 Å². The number of nitrogens with one attached hydrogen (secondary N) is 1. The molecule has 0 radical (unpaired) electrons. The van der Waals surface area contributed by atoms with Crippen molar-refractivity contribution in [2.45, 2.75) is 6.42 Å². The number of fused-ring (bicyclic) bond motifs is 1. The maximum absolute atomic E-state index is 12.2. The monoisotopic (exact) mass is 329 g/mol. The molecule has 0 saturated carbocycles. The third-order valence-electron chi connectivity index (χ3n) is 3.55. The van der Waals surface area contributed by atoms with Crippen molar-refractivity contribution in [1.29, 1.82) is 0 Å². The summed E-state index contributed by atoms with van der Waals surface area (Å²) in [7, 11) is 1.63. The topological polar surface area (TPSA) is 55.6 Å². The zero-order valence-electron chi connectivity index (χ0n) is 12.6. The maximum atomic E-state index is 12.2. The molecule has 1 N–H and O–H groups in total. The van der Waals surface area contributed by atoms with Crippen molar-refractivity contribution in [3.8, 4) is 5.75 Å². The molecule has 6 heteroatoms. The van der Waals surface area contributed by atoms with Gasteiger partial charge in [-0.2, -0.15) is 5.10 Å². The van der Waals surface area contributed by atoms with Gasteiger partial charge in [0.2, 0.25) is 0 Å². The Labute approximate surface area is 138 Å². The molecule has 5 nitrogen and oxygen atoms in total. The first-order valence-corrected chi connectivity index (χ1v) is 7.61. The fourth-order valence-corrected chi connectivity index (χ4v) is 2.58. The van der Waals surface area contributed by atoms with Crippen LogP contribution in [0.15, 0.2) is 48.7 Å². The number of hydrogen-bond donors (Lipinski definition) is 1. The van der Waals surface area contributed by atoms with E-state index in [1.54, 1.807) is 17.8 Å². The molecular formula is C17H16ClN3O2. The SMILES string of the molecule is COc1ccc(CCNC(=O)c2nn3ccccc3c2Cl)cc1. The first-order valence-electron chi connectivity index (χ1n) is 7.23. The molecule has 0 aliphatic rings. The molecule has 3 rings (SSSR count). The molecule has 3 aromatic rings. The molecule has 2 aromatic heterocycles. The fourth-order valence-electron chi connectivity index (χ4n) is 2.31. The number of ether oxygens (including phenoxy) is 1. The summed E-state index contributed by atoms with van der Waals surface area (Å²) in [5.41, 5.74) is 2.08. The van der Waals surface area contributed by atoms with E-state index < -0.39 is 0 Å². The van der Waals surface area contributed by atoms with Crippen molar-refractivity contribution in [3.05, 3.63) is 64.9 Å². The number of rotatable bonds is 5. The van der Waals surface area contributed by atoms with E-state index in [4.69, 9.17) is 16.3 Å². The summed E-state index contributed by atoms with van der Waals surface area (Å²) in [6.45, 7) is 0.509. The fraction of sp³-hybridized carbons (Fsp3) is 0.176. The van der Waals surface area contributed by atoms with Crippen LogP contribution in [-0.4, -0.2) is 29.2 Å². The second-order valence-corrected chi connectivity index (χ2v) is 5.42. The van der Waals surface area contributed by atoms with E-state index in [-0.39, 0.29) is 11.6 Å². The molecule has 0 aliphatic carbocycles. The van der Waals surface area contributed by atoms with Crippen LogP contribution in [0.1, 0.15) is 16.1 Å². The van der Waals surface area contributed by atoms with Crippen LogP contribution >= 0.6 is 11.6 Å². The number of amides is 1. The van der Waals surface area contributed by atoms with E-state index in [0.29, 0.717) is 11.6 Å². The summed E-state index contributed by atoms with van der Waals surface area (Å²) in [6.07, 6.45) is 2.48. The van der Waals surface area contributed by atoms with Crippen LogP contribution in [0.4, 0.5) is 0 Å². The molecule has 118 valence electrons. The minimum absolute atomic E-state index is 0.243. The lowest BCUT2D eigenvalue weighted by molar-refractivity contribution is 0.0949. The van der Waals surface area contributed by atoms with Crippen LogP contribution in [0.25, 0.3) is 5.52 Å². The largest absolute Gasteiger partial charge is 0.497 e. The number of hydrogen-bond acceptors (Lipinski definition) is 3. The predicted octanol–water partition coefficient (Wildman–Crippen LogP) is 2.97. The van der Waals surface area contributed by atoms with Crippen molar-refractivity contribution in [3.63, 3.8) is 0 Å². The Morgan fingerprint density at radius 3 is 2.74 bits per heavy atom. The average Bonchev–Trinajstić information content (AvgIpc) is 2.93. The first-order chi connectivity index (χ1) is 11.2. The molecule has 0 saturated heterocycles. The molecule has 0 spiro atoms. The van der Waals surface area contributed by atoms with Gasteiger partial charge in [-0.05, 0) is 36.2 Å². The van der Waals surface area contributed by atoms with Crippen molar-refractivity contribution in [2.24, 2.45) is 0 Å². The van der Waals surface area contributed by atoms with Crippen LogP contribution in [0, 0.1) is 0 Å². The van der Waals surface area contributed by atoms with Gasteiger partial charge >= 0.3 is 0 Å². The number of carbonyl (C=O) groups is 1. The van der Waals surface area contributed by atoms with Gasteiger partial charge in [0.15, 0.2) is 5.69 Å². The van der Waals surface area contributed by atoms with E-state index in [1.807, 2.05) is 42.5 Å². The lowest BCUT2D eigenvalue weighted by Gasteiger charge is -2.05. The Balaban J connectivity index is 1.63. The Morgan fingerprint density at radius 1 is 1.26 bits per heavy atom. The van der Waals surface area contributed by atoms with Crippen LogP contribution in [0.3, 0.4) is 0 Å². The summed E-state index contributed by atoms with van der Waals surface area (Å²) in [5, 5.41) is 7.43. The minimum Gasteiger partial charge on any atom is -0.497 e. The van der Waals surface area contributed by atoms with E-state index >= 15 is 0 Å². The van der Waals surface area contributed by atoms with E-state index in [1.165, 1.54) is 0 Å². The summed E-state index contributed by atoms with van der Waals surface area (Å²) in [5.74, 6) is 0.543. The van der Waals surface area contributed by atoms with Gasteiger partial charge in [0.1, 0.15) is 5.75 Å². The minimum atomic E-state index is -0.271. The molecule has 0 fully saturated rings. The van der Waals surface area contributed by atoms with Gasteiger partial charge in [0.25, 0.3) is 5.91 Å². The third kappa shape index (κ3) is 3.29. The van der Waals surface area contributed by atoms with E-state index in [2.05, 4.69) is 10.4 Å². The second kappa shape index (κ2) is 6.71.